The Hall–Kier alpha value is -3.20. The summed E-state index contributed by atoms with van der Waals surface area (Å²) in [7, 11) is 0. The van der Waals surface area contributed by atoms with E-state index in [0.29, 0.717) is 0 Å². The molecule has 0 aliphatic carbocycles. The number of para-hydroxylation sites is 1. The van der Waals surface area contributed by atoms with Crippen molar-refractivity contribution in [2.75, 3.05) is 31.5 Å². The minimum Gasteiger partial charge on any atom is -0.372 e. The average molecular weight is 426 g/mol. The average Bonchev–Trinajstić information content (AvgIpc) is 2.77. The Labute approximate surface area is 193 Å². The standard InChI is InChI=1S/C29H35N3/c1-21(20-29(4,5)6)31-15-17-32(18-16-31)23(3)24-11-13-25(14-12-24)27-19-26-9-7-8-10-28(26)30-22(27)2/h7-14,19,30H,1-3,15-18,20H2,4-6H3. The lowest BCUT2D eigenvalue weighted by Crippen LogP contribution is -2.44. The lowest BCUT2D eigenvalue weighted by Gasteiger charge is -2.40. The number of fused-ring (bicyclic) bond motifs is 1. The van der Waals surface area contributed by atoms with E-state index in [0.717, 1.165) is 60.8 Å². The highest BCUT2D eigenvalue weighted by molar-refractivity contribution is 5.98. The van der Waals surface area contributed by atoms with Crippen LogP contribution in [0.15, 0.2) is 79.7 Å². The number of hydrogen-bond acceptors (Lipinski definition) is 3. The Balaban J connectivity index is 1.41. The van der Waals surface area contributed by atoms with Gasteiger partial charge in [-0.2, -0.15) is 0 Å². The van der Waals surface area contributed by atoms with Crippen molar-refractivity contribution < 1.29 is 0 Å². The first-order valence-electron chi connectivity index (χ1n) is 11.5. The van der Waals surface area contributed by atoms with Crippen molar-refractivity contribution in [1.29, 1.82) is 0 Å². The second kappa shape index (κ2) is 8.74. The van der Waals surface area contributed by atoms with Gasteiger partial charge in [-0.05, 0) is 40.7 Å². The summed E-state index contributed by atoms with van der Waals surface area (Å²) in [6, 6.07) is 17.0. The second-order valence-corrected chi connectivity index (χ2v) is 10.1. The van der Waals surface area contributed by atoms with E-state index in [2.05, 4.69) is 104 Å². The van der Waals surface area contributed by atoms with Gasteiger partial charge in [-0.1, -0.05) is 83.0 Å². The number of allylic oxidation sites excluding steroid dienone is 2. The quantitative estimate of drug-likeness (QED) is 0.575. The van der Waals surface area contributed by atoms with E-state index in [9.17, 15) is 0 Å². The van der Waals surface area contributed by atoms with E-state index < -0.39 is 0 Å². The molecule has 166 valence electrons. The van der Waals surface area contributed by atoms with Gasteiger partial charge in [0, 0.05) is 54.5 Å². The maximum atomic E-state index is 4.41. The Morgan fingerprint density at radius 2 is 1.53 bits per heavy atom. The molecule has 0 radical (unpaired) electrons. The van der Waals surface area contributed by atoms with Gasteiger partial charge in [-0.3, -0.25) is 0 Å². The van der Waals surface area contributed by atoms with Crippen LogP contribution in [0.25, 0.3) is 17.3 Å². The van der Waals surface area contributed by atoms with Crippen molar-refractivity contribution in [3.63, 3.8) is 0 Å². The molecule has 0 aromatic heterocycles. The number of nitrogens with zero attached hydrogens (tertiary/aromatic N) is 2. The molecule has 3 nitrogen and oxygen atoms in total. The monoisotopic (exact) mass is 425 g/mol. The fraction of sp³-hybridized carbons (Fsp3) is 0.310. The van der Waals surface area contributed by atoms with Crippen LogP contribution in [-0.4, -0.2) is 36.0 Å². The van der Waals surface area contributed by atoms with E-state index >= 15 is 0 Å². The highest BCUT2D eigenvalue weighted by Gasteiger charge is 2.22. The van der Waals surface area contributed by atoms with Gasteiger partial charge >= 0.3 is 0 Å². The molecule has 2 heterocycles. The molecule has 3 heteroatoms. The molecule has 1 fully saturated rings. The zero-order valence-corrected chi connectivity index (χ0v) is 19.7. The van der Waals surface area contributed by atoms with Gasteiger partial charge in [0.25, 0.3) is 0 Å². The fourth-order valence-electron chi connectivity index (χ4n) is 4.51. The number of rotatable bonds is 5. The maximum absolute atomic E-state index is 4.41. The Morgan fingerprint density at radius 3 is 2.19 bits per heavy atom. The molecular formula is C29H35N3. The van der Waals surface area contributed by atoms with E-state index in [1.165, 1.54) is 16.8 Å². The fourth-order valence-corrected chi connectivity index (χ4v) is 4.51. The van der Waals surface area contributed by atoms with Crippen molar-refractivity contribution in [2.45, 2.75) is 27.2 Å². The Kier molecular flexibility index (Phi) is 6.01. The Morgan fingerprint density at radius 1 is 0.906 bits per heavy atom. The van der Waals surface area contributed by atoms with Crippen molar-refractivity contribution in [1.82, 2.24) is 9.80 Å². The molecular weight excluding hydrogens is 390 g/mol. The zero-order chi connectivity index (χ0) is 22.9. The van der Waals surface area contributed by atoms with Crippen LogP contribution in [-0.2, 0) is 0 Å². The molecule has 2 aliphatic rings. The van der Waals surface area contributed by atoms with Gasteiger partial charge in [0.2, 0.25) is 0 Å². The summed E-state index contributed by atoms with van der Waals surface area (Å²) in [4.78, 5) is 4.83. The van der Waals surface area contributed by atoms with E-state index in [1.54, 1.807) is 0 Å². The molecule has 0 unspecified atom stereocenters. The third-order valence-electron chi connectivity index (χ3n) is 6.24. The molecule has 1 N–H and O–H groups in total. The van der Waals surface area contributed by atoms with Crippen molar-refractivity contribution in [2.24, 2.45) is 5.41 Å². The third kappa shape index (κ3) is 4.83. The summed E-state index contributed by atoms with van der Waals surface area (Å²) in [6.45, 7) is 23.7. The minimum absolute atomic E-state index is 0.274. The minimum atomic E-state index is 0.274. The second-order valence-electron chi connectivity index (χ2n) is 10.1. The normalized spacial score (nSPS) is 16.2. The van der Waals surface area contributed by atoms with Gasteiger partial charge in [0.15, 0.2) is 0 Å². The molecule has 0 atom stereocenters. The van der Waals surface area contributed by atoms with E-state index in [-0.39, 0.29) is 5.41 Å². The van der Waals surface area contributed by atoms with Crippen LogP contribution >= 0.6 is 0 Å². The van der Waals surface area contributed by atoms with E-state index in [4.69, 9.17) is 0 Å². The van der Waals surface area contributed by atoms with Gasteiger partial charge in [-0.15, -0.1) is 0 Å². The van der Waals surface area contributed by atoms with Crippen LogP contribution in [0, 0.1) is 5.41 Å². The smallest absolute Gasteiger partial charge is 0.0458 e. The summed E-state index contributed by atoms with van der Waals surface area (Å²) in [5.74, 6) is 0. The van der Waals surface area contributed by atoms with E-state index in [1.807, 2.05) is 6.07 Å². The lowest BCUT2D eigenvalue weighted by atomic mass is 9.90. The van der Waals surface area contributed by atoms with Gasteiger partial charge < -0.3 is 15.1 Å². The molecule has 0 amide bonds. The van der Waals surface area contributed by atoms with Gasteiger partial charge in [-0.25, -0.2) is 0 Å². The number of nitrogens with one attached hydrogen (secondary N) is 1. The zero-order valence-electron chi connectivity index (χ0n) is 19.7. The summed E-state index contributed by atoms with van der Waals surface area (Å²) in [6.07, 6.45) is 3.25. The van der Waals surface area contributed by atoms with Crippen LogP contribution in [0.4, 0.5) is 5.69 Å². The number of piperazine rings is 1. The first kappa shape index (κ1) is 22.0. The molecule has 2 aromatic rings. The van der Waals surface area contributed by atoms with Crippen molar-refractivity contribution >= 4 is 23.0 Å². The molecule has 0 saturated carbocycles. The number of hydrogen-bond donors (Lipinski definition) is 1. The molecule has 2 aliphatic heterocycles. The van der Waals surface area contributed by atoms with Crippen molar-refractivity contribution in [3.8, 4) is 0 Å². The molecule has 2 aromatic carbocycles. The van der Waals surface area contributed by atoms with Crippen LogP contribution in [0.2, 0.25) is 0 Å². The van der Waals surface area contributed by atoms with Crippen LogP contribution in [0.3, 0.4) is 0 Å². The summed E-state index contributed by atoms with van der Waals surface area (Å²) >= 11 is 0. The first-order valence-corrected chi connectivity index (χ1v) is 11.5. The molecule has 0 bridgehead atoms. The number of anilines is 1. The number of benzene rings is 2. The lowest BCUT2D eigenvalue weighted by molar-refractivity contribution is 0.197. The largest absolute Gasteiger partial charge is 0.372 e. The Bertz CT molecular complexity index is 1060. The maximum Gasteiger partial charge on any atom is 0.0458 e. The first-order chi connectivity index (χ1) is 15.2. The van der Waals surface area contributed by atoms with Crippen LogP contribution in [0.1, 0.15) is 43.9 Å². The summed E-state index contributed by atoms with van der Waals surface area (Å²) in [5, 5.41) is 3.42. The molecule has 32 heavy (non-hydrogen) atoms. The predicted octanol–water partition coefficient (Wildman–Crippen LogP) is 6.70. The predicted molar refractivity (Wildman–Crippen MR) is 139 cm³/mol. The van der Waals surface area contributed by atoms with Gasteiger partial charge in [0.05, 0.1) is 0 Å². The molecule has 0 spiro atoms. The highest BCUT2D eigenvalue weighted by atomic mass is 15.3. The third-order valence-corrected chi connectivity index (χ3v) is 6.24. The topological polar surface area (TPSA) is 18.5 Å². The summed E-state index contributed by atoms with van der Waals surface area (Å²) in [5.41, 5.74) is 9.32. The van der Waals surface area contributed by atoms with Crippen LogP contribution < -0.4 is 5.32 Å². The van der Waals surface area contributed by atoms with Crippen molar-refractivity contribution in [3.05, 3.63) is 96.4 Å². The molecule has 4 rings (SSSR count). The van der Waals surface area contributed by atoms with Crippen LogP contribution in [0.5, 0.6) is 0 Å². The highest BCUT2D eigenvalue weighted by Crippen LogP contribution is 2.34. The molecule has 1 saturated heterocycles. The van der Waals surface area contributed by atoms with Gasteiger partial charge in [0.1, 0.15) is 0 Å². The summed E-state index contributed by atoms with van der Waals surface area (Å²) < 4.78 is 0. The SMILES string of the molecule is C=C1Nc2ccccc2C=C1c1ccc(C(=C)N2CCN(C(=C)CC(C)(C)C)CC2)cc1.